The number of carboxylic acid groups (broad SMARTS) is 1. The lowest BCUT2D eigenvalue weighted by atomic mass is 9.95. The average molecular weight is 503 g/mol. The smallest absolute Gasteiger partial charge is 0.341 e. The van der Waals surface area contributed by atoms with Crippen LogP contribution in [0.3, 0.4) is 0 Å². The summed E-state index contributed by atoms with van der Waals surface area (Å²) in [5.74, 6) is -1.02. The Kier molecular flexibility index (Phi) is 6.40. The summed E-state index contributed by atoms with van der Waals surface area (Å²) in [6.07, 6.45) is 1.30. The van der Waals surface area contributed by atoms with E-state index in [2.05, 4.69) is 26.0 Å². The zero-order chi connectivity index (χ0) is 23.6. The van der Waals surface area contributed by atoms with E-state index >= 15 is 0 Å². The molecule has 0 aliphatic heterocycles. The van der Waals surface area contributed by atoms with Crippen molar-refractivity contribution in [2.45, 2.75) is 26.2 Å². The van der Waals surface area contributed by atoms with Crippen LogP contribution in [0.2, 0.25) is 0 Å². The summed E-state index contributed by atoms with van der Waals surface area (Å²) in [5, 5.41) is 24.7. The van der Waals surface area contributed by atoms with E-state index in [1.54, 1.807) is 18.2 Å². The monoisotopic (exact) mass is 502 g/mol. The van der Waals surface area contributed by atoms with E-state index in [4.69, 9.17) is 9.84 Å². The summed E-state index contributed by atoms with van der Waals surface area (Å²) in [6, 6.07) is 9.13. The van der Waals surface area contributed by atoms with Gasteiger partial charge in [-0.1, -0.05) is 36.7 Å². The topological polar surface area (TPSA) is 137 Å². The van der Waals surface area contributed by atoms with Gasteiger partial charge in [-0.05, 0) is 30.3 Å². The first-order chi connectivity index (χ1) is 15.0. The van der Waals surface area contributed by atoms with Crippen LogP contribution in [0.4, 0.5) is 5.69 Å². The van der Waals surface area contributed by atoms with Crippen molar-refractivity contribution in [1.29, 1.82) is 0 Å². The van der Waals surface area contributed by atoms with Gasteiger partial charge in [-0.3, -0.25) is 14.9 Å². The summed E-state index contributed by atoms with van der Waals surface area (Å²) in [7, 11) is 0. The zero-order valence-electron chi connectivity index (χ0n) is 17.4. The predicted molar refractivity (Wildman–Crippen MR) is 122 cm³/mol. The number of fused-ring (bicyclic) bond motifs is 1. The fourth-order valence-corrected chi connectivity index (χ4v) is 3.25. The number of nitro groups is 1. The van der Waals surface area contributed by atoms with Gasteiger partial charge >= 0.3 is 11.7 Å². The van der Waals surface area contributed by atoms with Gasteiger partial charge in [0.15, 0.2) is 12.4 Å². The molecule has 1 heterocycles. The number of carbonyl (C=O) groups is 1. The first-order valence-electron chi connectivity index (χ1n) is 9.37. The van der Waals surface area contributed by atoms with Crippen molar-refractivity contribution in [3.63, 3.8) is 0 Å². The second kappa shape index (κ2) is 8.87. The van der Waals surface area contributed by atoms with Gasteiger partial charge < -0.3 is 9.84 Å². The maximum absolute atomic E-state index is 13.2. The molecular weight excluding hydrogens is 484 g/mol. The van der Waals surface area contributed by atoms with Gasteiger partial charge in [-0.2, -0.15) is 9.78 Å². The molecule has 0 fully saturated rings. The fraction of sp³-hybridized carbons (Fsp3) is 0.238. The third kappa shape index (κ3) is 4.99. The third-order valence-corrected chi connectivity index (χ3v) is 4.83. The molecular formula is C21H19BrN4O6. The van der Waals surface area contributed by atoms with Crippen LogP contribution in [0.15, 0.2) is 50.8 Å². The number of nitrogens with zero attached hydrogens (tertiary/aromatic N) is 4. The Hall–Kier alpha value is -3.60. The van der Waals surface area contributed by atoms with E-state index in [0.717, 1.165) is 4.47 Å². The maximum atomic E-state index is 13.2. The van der Waals surface area contributed by atoms with Crippen LogP contribution >= 0.6 is 15.9 Å². The first kappa shape index (κ1) is 23.1. The van der Waals surface area contributed by atoms with Crippen LogP contribution in [0.25, 0.3) is 10.9 Å². The lowest BCUT2D eigenvalue weighted by molar-refractivity contribution is -0.385. The highest BCUT2D eigenvalue weighted by Gasteiger charge is 2.23. The zero-order valence-corrected chi connectivity index (χ0v) is 19.0. The highest BCUT2D eigenvalue weighted by atomic mass is 79.9. The molecule has 11 heteroatoms. The number of halogens is 1. The molecule has 1 N–H and O–H groups in total. The number of hydrogen-bond donors (Lipinski definition) is 1. The Balaban J connectivity index is 2.10. The molecule has 166 valence electrons. The van der Waals surface area contributed by atoms with E-state index < -0.39 is 28.6 Å². The van der Waals surface area contributed by atoms with Crippen LogP contribution in [-0.2, 0) is 10.2 Å². The van der Waals surface area contributed by atoms with Gasteiger partial charge in [0.25, 0.3) is 5.56 Å². The van der Waals surface area contributed by atoms with Gasteiger partial charge in [0.1, 0.15) is 5.82 Å². The Bertz CT molecular complexity index is 1310. The largest absolute Gasteiger partial charge is 0.479 e. The molecule has 0 saturated carbocycles. The van der Waals surface area contributed by atoms with Crippen LogP contribution in [0.1, 0.15) is 32.2 Å². The van der Waals surface area contributed by atoms with Gasteiger partial charge in [0.05, 0.1) is 22.0 Å². The minimum atomic E-state index is -1.26. The standard InChI is InChI=1S/C21H19BrN4O6/c1-21(2,3)20-24-15-6-5-13(22)9-14(15)19(29)25(20)23-10-12-4-7-17(32-11-18(27)28)16(8-12)26(30)31/h4-10H,11H2,1-3H3,(H,27,28). The number of carboxylic acids is 1. The van der Waals surface area contributed by atoms with Crippen LogP contribution in [0.5, 0.6) is 5.75 Å². The van der Waals surface area contributed by atoms with Crippen molar-refractivity contribution < 1.29 is 19.6 Å². The van der Waals surface area contributed by atoms with Gasteiger partial charge in [0.2, 0.25) is 0 Å². The highest BCUT2D eigenvalue weighted by molar-refractivity contribution is 9.10. The number of ether oxygens (including phenoxy) is 1. The summed E-state index contributed by atoms with van der Waals surface area (Å²) in [6.45, 7) is 4.97. The molecule has 0 aliphatic carbocycles. The second-order valence-electron chi connectivity index (χ2n) is 7.88. The quantitative estimate of drug-likeness (QED) is 0.308. The molecule has 0 bridgehead atoms. The van der Waals surface area contributed by atoms with Crippen molar-refractivity contribution in [1.82, 2.24) is 9.66 Å². The van der Waals surface area contributed by atoms with Crippen LogP contribution in [-0.4, -0.2) is 38.5 Å². The van der Waals surface area contributed by atoms with Crippen molar-refractivity contribution in [3.8, 4) is 5.75 Å². The number of rotatable bonds is 6. The van der Waals surface area contributed by atoms with E-state index in [1.165, 1.54) is 29.1 Å². The molecule has 0 atom stereocenters. The van der Waals surface area contributed by atoms with Gasteiger partial charge in [-0.15, -0.1) is 0 Å². The number of nitro benzene ring substituents is 1. The number of benzene rings is 2. The molecule has 0 amide bonds. The van der Waals surface area contributed by atoms with E-state index in [1.807, 2.05) is 20.8 Å². The fourth-order valence-electron chi connectivity index (χ4n) is 2.88. The molecule has 0 spiro atoms. The van der Waals surface area contributed by atoms with Crippen molar-refractivity contribution in [2.24, 2.45) is 5.10 Å². The SMILES string of the molecule is CC(C)(C)c1nc2ccc(Br)cc2c(=O)n1N=Cc1ccc(OCC(=O)O)c([N+](=O)[O-])c1. The van der Waals surface area contributed by atoms with E-state index in [9.17, 15) is 19.7 Å². The molecule has 2 aromatic carbocycles. The lowest BCUT2D eigenvalue weighted by Crippen LogP contribution is -2.29. The van der Waals surface area contributed by atoms with E-state index in [0.29, 0.717) is 22.3 Å². The Labute approximate surface area is 190 Å². The van der Waals surface area contributed by atoms with Crippen LogP contribution in [0, 0.1) is 10.1 Å². The van der Waals surface area contributed by atoms with Crippen molar-refractivity contribution >= 4 is 44.7 Å². The van der Waals surface area contributed by atoms with Gasteiger partial charge in [-0.25, -0.2) is 9.78 Å². The molecule has 3 rings (SSSR count). The molecule has 0 radical (unpaired) electrons. The highest BCUT2D eigenvalue weighted by Crippen LogP contribution is 2.28. The summed E-state index contributed by atoms with van der Waals surface area (Å²) in [5.41, 5.74) is -0.462. The number of aromatic nitrogens is 2. The molecule has 3 aromatic rings. The normalized spacial score (nSPS) is 11.8. The van der Waals surface area contributed by atoms with Crippen molar-refractivity contribution in [2.75, 3.05) is 6.61 Å². The molecule has 0 saturated heterocycles. The van der Waals surface area contributed by atoms with E-state index in [-0.39, 0.29) is 11.3 Å². The Morgan fingerprint density at radius 1 is 1.31 bits per heavy atom. The Morgan fingerprint density at radius 2 is 2.03 bits per heavy atom. The average Bonchev–Trinajstić information content (AvgIpc) is 2.71. The first-order valence-corrected chi connectivity index (χ1v) is 10.2. The molecule has 1 aromatic heterocycles. The second-order valence-corrected chi connectivity index (χ2v) is 8.79. The summed E-state index contributed by atoms with van der Waals surface area (Å²) < 4.78 is 6.86. The Morgan fingerprint density at radius 3 is 2.66 bits per heavy atom. The lowest BCUT2D eigenvalue weighted by Gasteiger charge is -2.20. The molecule has 32 heavy (non-hydrogen) atoms. The number of aliphatic carboxylic acids is 1. The predicted octanol–water partition coefficient (Wildman–Crippen LogP) is 3.71. The van der Waals surface area contributed by atoms with Crippen molar-refractivity contribution in [3.05, 3.63) is 72.7 Å². The molecule has 0 aliphatic rings. The maximum Gasteiger partial charge on any atom is 0.341 e. The molecule has 0 unspecified atom stereocenters. The minimum absolute atomic E-state index is 0.181. The van der Waals surface area contributed by atoms with Gasteiger partial charge in [0, 0.05) is 21.5 Å². The molecule has 10 nitrogen and oxygen atoms in total. The summed E-state index contributed by atoms with van der Waals surface area (Å²) >= 11 is 3.35. The number of hydrogen-bond acceptors (Lipinski definition) is 7. The minimum Gasteiger partial charge on any atom is -0.479 e. The summed E-state index contributed by atoms with van der Waals surface area (Å²) in [4.78, 5) is 39.1. The van der Waals surface area contributed by atoms with Crippen LogP contribution < -0.4 is 10.3 Å². The third-order valence-electron chi connectivity index (χ3n) is 4.33.